The van der Waals surface area contributed by atoms with E-state index < -0.39 is 6.10 Å². The molecule has 0 bridgehead atoms. The molecule has 1 unspecified atom stereocenters. The molecule has 112 valence electrons. The van der Waals surface area contributed by atoms with E-state index in [-0.39, 0.29) is 12.4 Å². The van der Waals surface area contributed by atoms with E-state index in [1.807, 2.05) is 47.8 Å². The first-order valence-corrected chi connectivity index (χ1v) is 7.71. The van der Waals surface area contributed by atoms with E-state index in [1.165, 1.54) is 11.3 Å². The monoisotopic (exact) mass is 314 g/mol. The third-order valence-corrected chi connectivity index (χ3v) is 3.89. The van der Waals surface area contributed by atoms with Gasteiger partial charge in [0.1, 0.15) is 0 Å². The Balaban J connectivity index is 1.64. The molecule has 0 aliphatic rings. The van der Waals surface area contributed by atoms with Crippen LogP contribution in [-0.4, -0.2) is 16.2 Å². The summed E-state index contributed by atoms with van der Waals surface area (Å²) in [5.74, 6) is 0.393. The summed E-state index contributed by atoms with van der Waals surface area (Å²) in [6.07, 6.45) is -0.320. The minimum atomic E-state index is -0.572. The van der Waals surface area contributed by atoms with Gasteiger partial charge in [0.05, 0.1) is 6.42 Å². The SMILES string of the molecule is CC(OC(=O)Cc1cccs1)c1nnc(-c2ccccc2)o1. The fraction of sp³-hybridized carbons (Fsp3) is 0.188. The van der Waals surface area contributed by atoms with E-state index in [0.717, 1.165) is 10.4 Å². The molecule has 0 radical (unpaired) electrons. The van der Waals surface area contributed by atoms with Crippen molar-refractivity contribution < 1.29 is 13.9 Å². The molecule has 0 aliphatic heterocycles. The maximum absolute atomic E-state index is 11.9. The van der Waals surface area contributed by atoms with Gasteiger partial charge in [0, 0.05) is 10.4 Å². The molecule has 3 rings (SSSR count). The Hall–Kier alpha value is -2.47. The molecular weight excluding hydrogens is 300 g/mol. The van der Waals surface area contributed by atoms with E-state index in [1.54, 1.807) is 6.92 Å². The fourth-order valence-electron chi connectivity index (χ4n) is 1.94. The number of hydrogen-bond donors (Lipinski definition) is 0. The second-order valence-corrected chi connectivity index (χ2v) is 5.73. The highest BCUT2D eigenvalue weighted by atomic mass is 32.1. The molecule has 5 nitrogen and oxygen atoms in total. The van der Waals surface area contributed by atoms with Crippen LogP contribution in [0, 0.1) is 0 Å². The van der Waals surface area contributed by atoms with Crippen LogP contribution in [0.25, 0.3) is 11.5 Å². The summed E-state index contributed by atoms with van der Waals surface area (Å²) in [5, 5.41) is 9.86. The van der Waals surface area contributed by atoms with Crippen LogP contribution in [-0.2, 0) is 16.0 Å². The molecule has 0 saturated carbocycles. The van der Waals surface area contributed by atoms with Crippen LogP contribution in [0.2, 0.25) is 0 Å². The third-order valence-electron chi connectivity index (χ3n) is 3.02. The van der Waals surface area contributed by atoms with E-state index >= 15 is 0 Å². The van der Waals surface area contributed by atoms with Gasteiger partial charge in [-0.25, -0.2) is 0 Å². The maximum Gasteiger partial charge on any atom is 0.311 e. The predicted octanol–water partition coefficient (Wildman–Crippen LogP) is 3.65. The number of aromatic nitrogens is 2. The molecule has 22 heavy (non-hydrogen) atoms. The third kappa shape index (κ3) is 3.40. The Bertz CT molecular complexity index is 738. The Kier molecular flexibility index (Phi) is 4.29. The van der Waals surface area contributed by atoms with Crippen LogP contribution in [0.5, 0.6) is 0 Å². The van der Waals surface area contributed by atoms with Gasteiger partial charge in [0.15, 0.2) is 6.10 Å². The van der Waals surface area contributed by atoms with Crippen LogP contribution in [0.3, 0.4) is 0 Å². The van der Waals surface area contributed by atoms with Gasteiger partial charge in [0.25, 0.3) is 5.89 Å². The van der Waals surface area contributed by atoms with E-state index in [2.05, 4.69) is 10.2 Å². The van der Waals surface area contributed by atoms with Gasteiger partial charge in [-0.2, -0.15) is 0 Å². The first-order chi connectivity index (χ1) is 10.7. The Morgan fingerprint density at radius 2 is 2.05 bits per heavy atom. The van der Waals surface area contributed by atoms with Crippen molar-refractivity contribution in [1.82, 2.24) is 10.2 Å². The molecule has 0 N–H and O–H groups in total. The molecule has 1 atom stereocenters. The molecule has 1 aromatic carbocycles. The number of ether oxygens (including phenoxy) is 1. The van der Waals surface area contributed by atoms with Gasteiger partial charge in [0.2, 0.25) is 5.89 Å². The summed E-state index contributed by atoms with van der Waals surface area (Å²) in [6.45, 7) is 1.72. The Morgan fingerprint density at radius 1 is 1.23 bits per heavy atom. The van der Waals surface area contributed by atoms with Crippen LogP contribution in [0.4, 0.5) is 0 Å². The molecule has 0 aliphatic carbocycles. The highest BCUT2D eigenvalue weighted by Gasteiger charge is 2.19. The minimum Gasteiger partial charge on any atom is -0.452 e. The lowest BCUT2D eigenvalue weighted by atomic mass is 10.2. The quantitative estimate of drug-likeness (QED) is 0.673. The van der Waals surface area contributed by atoms with Crippen LogP contribution >= 0.6 is 11.3 Å². The highest BCUT2D eigenvalue weighted by Crippen LogP contribution is 2.22. The number of nitrogens with zero attached hydrogens (tertiary/aromatic N) is 2. The zero-order chi connectivity index (χ0) is 15.4. The Labute approximate surface area is 131 Å². The van der Waals surface area contributed by atoms with E-state index in [9.17, 15) is 4.79 Å². The molecule has 6 heteroatoms. The standard InChI is InChI=1S/C16H14N2O3S/c1-11(20-14(19)10-13-8-5-9-22-13)15-17-18-16(21-15)12-6-3-2-4-7-12/h2-9,11H,10H2,1H3. The second kappa shape index (κ2) is 6.53. The highest BCUT2D eigenvalue weighted by molar-refractivity contribution is 7.10. The van der Waals surface area contributed by atoms with Crippen LogP contribution in [0.1, 0.15) is 23.8 Å². The van der Waals surface area contributed by atoms with Crippen molar-refractivity contribution in [3.63, 3.8) is 0 Å². The van der Waals surface area contributed by atoms with E-state index in [0.29, 0.717) is 11.8 Å². The average Bonchev–Trinajstić information content (AvgIpc) is 3.19. The molecule has 2 heterocycles. The normalized spacial score (nSPS) is 12.0. The lowest BCUT2D eigenvalue weighted by Gasteiger charge is -2.08. The summed E-state index contributed by atoms with van der Waals surface area (Å²) in [5.41, 5.74) is 0.832. The summed E-state index contributed by atoms with van der Waals surface area (Å²) < 4.78 is 10.9. The van der Waals surface area contributed by atoms with Crippen molar-refractivity contribution in [3.05, 3.63) is 58.6 Å². The van der Waals surface area contributed by atoms with Crippen molar-refractivity contribution >= 4 is 17.3 Å². The zero-order valence-corrected chi connectivity index (χ0v) is 12.7. The summed E-state index contributed by atoms with van der Waals surface area (Å²) in [7, 11) is 0. The number of rotatable bonds is 5. The number of thiophene rings is 1. The topological polar surface area (TPSA) is 65.2 Å². The number of hydrogen-bond acceptors (Lipinski definition) is 6. The first-order valence-electron chi connectivity index (χ1n) is 6.83. The Morgan fingerprint density at radius 3 is 2.77 bits per heavy atom. The van der Waals surface area contributed by atoms with Crippen molar-refractivity contribution in [2.45, 2.75) is 19.4 Å². The van der Waals surface area contributed by atoms with Crippen molar-refractivity contribution in [1.29, 1.82) is 0 Å². The summed E-state index contributed by atoms with van der Waals surface area (Å²) in [4.78, 5) is 12.8. The average molecular weight is 314 g/mol. The number of benzene rings is 1. The number of carbonyl (C=O) groups excluding carboxylic acids is 1. The fourth-order valence-corrected chi connectivity index (χ4v) is 2.63. The smallest absolute Gasteiger partial charge is 0.311 e. The molecule has 0 amide bonds. The van der Waals surface area contributed by atoms with Gasteiger partial charge in [-0.05, 0) is 30.5 Å². The van der Waals surface area contributed by atoms with Gasteiger partial charge < -0.3 is 9.15 Å². The van der Waals surface area contributed by atoms with Crippen molar-refractivity contribution in [3.8, 4) is 11.5 Å². The molecule has 0 spiro atoms. The predicted molar refractivity (Wildman–Crippen MR) is 82.3 cm³/mol. The zero-order valence-electron chi connectivity index (χ0n) is 11.9. The van der Waals surface area contributed by atoms with Crippen molar-refractivity contribution in [2.75, 3.05) is 0 Å². The van der Waals surface area contributed by atoms with E-state index in [4.69, 9.17) is 9.15 Å². The summed E-state index contributed by atoms with van der Waals surface area (Å²) >= 11 is 1.52. The van der Waals surface area contributed by atoms with Crippen LogP contribution in [0.15, 0.2) is 52.3 Å². The summed E-state index contributed by atoms with van der Waals surface area (Å²) in [6, 6.07) is 13.3. The second-order valence-electron chi connectivity index (χ2n) is 4.70. The molecule has 0 fully saturated rings. The van der Waals surface area contributed by atoms with Gasteiger partial charge >= 0.3 is 5.97 Å². The largest absolute Gasteiger partial charge is 0.452 e. The lowest BCUT2D eigenvalue weighted by molar-refractivity contribution is -0.148. The lowest BCUT2D eigenvalue weighted by Crippen LogP contribution is -2.11. The van der Waals surface area contributed by atoms with Gasteiger partial charge in [-0.15, -0.1) is 21.5 Å². The molecule has 0 saturated heterocycles. The first kappa shape index (κ1) is 14.5. The number of carbonyl (C=O) groups is 1. The minimum absolute atomic E-state index is 0.252. The van der Waals surface area contributed by atoms with Crippen LogP contribution < -0.4 is 0 Å². The van der Waals surface area contributed by atoms with Crippen molar-refractivity contribution in [2.24, 2.45) is 0 Å². The molecule has 2 aromatic heterocycles. The van der Waals surface area contributed by atoms with Gasteiger partial charge in [-0.3, -0.25) is 4.79 Å². The van der Waals surface area contributed by atoms with Gasteiger partial charge in [-0.1, -0.05) is 24.3 Å². The maximum atomic E-state index is 11.9. The number of esters is 1. The molecular formula is C16H14N2O3S. The molecule has 3 aromatic rings.